The molecule has 1 amide bonds. The molecule has 0 bridgehead atoms. The van der Waals surface area contributed by atoms with E-state index in [1.807, 2.05) is 4.90 Å². The van der Waals surface area contributed by atoms with Gasteiger partial charge in [0.15, 0.2) is 0 Å². The maximum atomic E-state index is 12.4. The Bertz CT molecular complexity index is 386. The number of amides is 1. The number of β-amino-alcohol motifs (C(OH)–C–C–N with tert-alkyl or cyclic N) is 1. The smallest absolute Gasteiger partial charge is 0.225 e. The molecule has 138 valence electrons. The van der Waals surface area contributed by atoms with Crippen molar-refractivity contribution in [2.24, 2.45) is 5.92 Å². The number of rotatable bonds is 7. The van der Waals surface area contributed by atoms with Gasteiger partial charge >= 0.3 is 0 Å². The van der Waals surface area contributed by atoms with Crippen molar-refractivity contribution in [3.8, 4) is 0 Å². The molecule has 3 saturated heterocycles. The molecule has 0 spiro atoms. The molecule has 1 N–H and O–H groups in total. The van der Waals surface area contributed by atoms with E-state index >= 15 is 0 Å². The summed E-state index contributed by atoms with van der Waals surface area (Å²) in [6.07, 6.45) is 6.07. The topological polar surface area (TPSA) is 62.2 Å². The van der Waals surface area contributed by atoms with Crippen LogP contribution < -0.4 is 0 Å². The van der Waals surface area contributed by atoms with Crippen LogP contribution in [0.15, 0.2) is 0 Å². The summed E-state index contributed by atoms with van der Waals surface area (Å²) in [5.41, 5.74) is 0. The fourth-order valence-corrected chi connectivity index (χ4v) is 4.02. The largest absolute Gasteiger partial charge is 0.389 e. The Labute approximate surface area is 145 Å². The Morgan fingerprint density at radius 1 is 1.12 bits per heavy atom. The summed E-state index contributed by atoms with van der Waals surface area (Å²) in [5.74, 6) is 0.542. The van der Waals surface area contributed by atoms with Crippen molar-refractivity contribution >= 4 is 5.91 Å². The normalized spacial score (nSPS) is 27.7. The van der Waals surface area contributed by atoms with Gasteiger partial charge in [-0.2, -0.15) is 0 Å². The van der Waals surface area contributed by atoms with Gasteiger partial charge in [0.25, 0.3) is 0 Å². The van der Waals surface area contributed by atoms with E-state index in [-0.39, 0.29) is 12.0 Å². The lowest BCUT2D eigenvalue weighted by Gasteiger charge is -2.34. The molecular formula is C18H32N2O4. The zero-order valence-corrected chi connectivity index (χ0v) is 14.7. The monoisotopic (exact) mass is 340 g/mol. The molecule has 0 aromatic rings. The van der Waals surface area contributed by atoms with Gasteiger partial charge in [-0.05, 0) is 51.6 Å². The van der Waals surface area contributed by atoms with Crippen LogP contribution in [-0.2, 0) is 14.3 Å². The summed E-state index contributed by atoms with van der Waals surface area (Å²) in [7, 11) is 0. The third-order valence-electron chi connectivity index (χ3n) is 5.46. The second-order valence-electron chi connectivity index (χ2n) is 7.43. The predicted octanol–water partition coefficient (Wildman–Crippen LogP) is 0.877. The molecule has 0 aromatic carbocycles. The molecular weight excluding hydrogens is 308 g/mol. The van der Waals surface area contributed by atoms with Crippen molar-refractivity contribution in [2.75, 3.05) is 52.5 Å². The zero-order valence-electron chi connectivity index (χ0n) is 14.7. The highest BCUT2D eigenvalue weighted by molar-refractivity contribution is 5.79. The van der Waals surface area contributed by atoms with Crippen molar-refractivity contribution in [1.82, 2.24) is 9.80 Å². The molecule has 6 heteroatoms. The average molecular weight is 340 g/mol. The van der Waals surface area contributed by atoms with Gasteiger partial charge in [0.1, 0.15) is 0 Å². The van der Waals surface area contributed by atoms with E-state index in [1.165, 1.54) is 0 Å². The SMILES string of the molecule is O=C(C1CCN(CC(O)COCC2CCCO2)CC1)N1CCCC1. The first-order chi connectivity index (χ1) is 11.7. The van der Waals surface area contributed by atoms with Crippen molar-refractivity contribution < 1.29 is 19.4 Å². The Hall–Kier alpha value is -0.690. The van der Waals surface area contributed by atoms with E-state index in [0.29, 0.717) is 25.7 Å². The second-order valence-corrected chi connectivity index (χ2v) is 7.43. The fourth-order valence-electron chi connectivity index (χ4n) is 4.02. The zero-order chi connectivity index (χ0) is 16.8. The Balaban J connectivity index is 1.29. The second kappa shape index (κ2) is 9.13. The average Bonchev–Trinajstić information content (AvgIpc) is 3.29. The van der Waals surface area contributed by atoms with Gasteiger partial charge in [-0.25, -0.2) is 0 Å². The van der Waals surface area contributed by atoms with Crippen LogP contribution in [0.2, 0.25) is 0 Å². The summed E-state index contributed by atoms with van der Waals surface area (Å²) in [6, 6.07) is 0. The first-order valence-corrected chi connectivity index (χ1v) is 9.61. The quantitative estimate of drug-likeness (QED) is 0.745. The van der Waals surface area contributed by atoms with Gasteiger partial charge in [-0.3, -0.25) is 4.79 Å². The van der Waals surface area contributed by atoms with E-state index in [1.54, 1.807) is 0 Å². The number of carbonyl (C=O) groups is 1. The molecule has 3 aliphatic heterocycles. The Morgan fingerprint density at radius 2 is 1.88 bits per heavy atom. The minimum Gasteiger partial charge on any atom is -0.389 e. The van der Waals surface area contributed by atoms with Gasteiger partial charge in [0, 0.05) is 32.2 Å². The first-order valence-electron chi connectivity index (χ1n) is 9.61. The molecule has 2 unspecified atom stereocenters. The van der Waals surface area contributed by atoms with Crippen LogP contribution >= 0.6 is 0 Å². The molecule has 0 radical (unpaired) electrons. The number of carbonyl (C=O) groups excluding carboxylic acids is 1. The van der Waals surface area contributed by atoms with Crippen LogP contribution in [0.25, 0.3) is 0 Å². The van der Waals surface area contributed by atoms with Crippen LogP contribution in [0.5, 0.6) is 0 Å². The highest BCUT2D eigenvalue weighted by Gasteiger charge is 2.30. The van der Waals surface area contributed by atoms with Gasteiger partial charge in [0.05, 0.1) is 25.4 Å². The van der Waals surface area contributed by atoms with E-state index in [2.05, 4.69) is 4.90 Å². The van der Waals surface area contributed by atoms with Gasteiger partial charge < -0.3 is 24.4 Å². The van der Waals surface area contributed by atoms with Crippen molar-refractivity contribution in [1.29, 1.82) is 0 Å². The molecule has 3 fully saturated rings. The number of ether oxygens (including phenoxy) is 2. The molecule has 3 aliphatic rings. The number of nitrogens with zero attached hydrogens (tertiary/aromatic N) is 2. The van der Waals surface area contributed by atoms with Crippen LogP contribution in [0.3, 0.4) is 0 Å². The lowest BCUT2D eigenvalue weighted by Crippen LogP contribution is -2.44. The van der Waals surface area contributed by atoms with Crippen molar-refractivity contribution in [3.05, 3.63) is 0 Å². The molecule has 6 nitrogen and oxygen atoms in total. The number of hydrogen-bond acceptors (Lipinski definition) is 5. The minimum absolute atomic E-state index is 0.187. The molecule has 2 atom stereocenters. The Kier molecular flexibility index (Phi) is 6.89. The lowest BCUT2D eigenvalue weighted by atomic mass is 9.95. The van der Waals surface area contributed by atoms with Crippen molar-refractivity contribution in [3.63, 3.8) is 0 Å². The number of likely N-dealkylation sites (tertiary alicyclic amines) is 2. The fraction of sp³-hybridized carbons (Fsp3) is 0.944. The molecule has 24 heavy (non-hydrogen) atoms. The van der Waals surface area contributed by atoms with Crippen LogP contribution in [0.1, 0.15) is 38.5 Å². The van der Waals surface area contributed by atoms with Gasteiger partial charge in [-0.1, -0.05) is 0 Å². The summed E-state index contributed by atoms with van der Waals surface area (Å²) < 4.78 is 11.1. The summed E-state index contributed by atoms with van der Waals surface area (Å²) in [6.45, 7) is 6.10. The predicted molar refractivity (Wildman–Crippen MR) is 90.8 cm³/mol. The highest BCUT2D eigenvalue weighted by atomic mass is 16.5. The van der Waals surface area contributed by atoms with Crippen molar-refractivity contribution in [2.45, 2.75) is 50.7 Å². The summed E-state index contributed by atoms with van der Waals surface area (Å²) >= 11 is 0. The standard InChI is InChI=1S/C18H32N2O4/c21-16(13-23-14-17-4-3-11-24-17)12-19-9-5-15(6-10-19)18(22)20-7-1-2-8-20/h15-17,21H,1-14H2. The van der Waals surface area contributed by atoms with Gasteiger partial charge in [-0.15, -0.1) is 0 Å². The van der Waals surface area contributed by atoms with E-state index in [9.17, 15) is 9.90 Å². The lowest BCUT2D eigenvalue weighted by molar-refractivity contribution is -0.136. The Morgan fingerprint density at radius 3 is 2.54 bits per heavy atom. The van der Waals surface area contributed by atoms with Gasteiger partial charge in [0.2, 0.25) is 5.91 Å². The summed E-state index contributed by atoms with van der Waals surface area (Å²) in [4.78, 5) is 16.7. The van der Waals surface area contributed by atoms with E-state index < -0.39 is 6.10 Å². The van der Waals surface area contributed by atoms with E-state index in [4.69, 9.17) is 9.47 Å². The molecule has 0 saturated carbocycles. The number of aliphatic hydroxyl groups excluding tert-OH is 1. The number of piperidine rings is 1. The van der Waals surface area contributed by atoms with Crippen LogP contribution in [0, 0.1) is 5.92 Å². The first kappa shape index (κ1) is 18.1. The third kappa shape index (κ3) is 5.15. The van der Waals surface area contributed by atoms with Crippen LogP contribution in [-0.4, -0.2) is 85.6 Å². The number of aliphatic hydroxyl groups is 1. The van der Waals surface area contributed by atoms with Crippen LogP contribution in [0.4, 0.5) is 0 Å². The third-order valence-corrected chi connectivity index (χ3v) is 5.46. The molecule has 3 rings (SSSR count). The maximum absolute atomic E-state index is 12.4. The minimum atomic E-state index is -0.461. The molecule has 0 aliphatic carbocycles. The van der Waals surface area contributed by atoms with E-state index in [0.717, 1.165) is 71.3 Å². The summed E-state index contributed by atoms with van der Waals surface area (Å²) in [5, 5.41) is 10.1. The maximum Gasteiger partial charge on any atom is 0.225 e. The number of hydrogen-bond donors (Lipinski definition) is 1. The molecule has 3 heterocycles. The highest BCUT2D eigenvalue weighted by Crippen LogP contribution is 2.22. The molecule has 0 aromatic heterocycles.